The van der Waals surface area contributed by atoms with E-state index in [9.17, 15) is 34.2 Å². The number of aliphatic carboxylic acids is 1. The van der Waals surface area contributed by atoms with E-state index in [0.29, 0.717) is 36.3 Å². The van der Waals surface area contributed by atoms with Crippen LogP contribution in [0.1, 0.15) is 12.0 Å². The lowest BCUT2D eigenvalue weighted by Crippen LogP contribution is -2.70. The summed E-state index contributed by atoms with van der Waals surface area (Å²) in [6.07, 6.45) is 8.77. The van der Waals surface area contributed by atoms with E-state index in [0.717, 1.165) is 10.5 Å². The molecule has 3 aliphatic heterocycles. The van der Waals surface area contributed by atoms with Crippen LogP contribution < -0.4 is 15.2 Å². The molecule has 0 bridgehead atoms. The molecule has 2 aromatic heterocycles. The number of aromatic hydroxyl groups is 1. The van der Waals surface area contributed by atoms with Gasteiger partial charge in [-0.25, -0.2) is 4.79 Å². The van der Waals surface area contributed by atoms with Crippen LogP contribution in [0.5, 0.6) is 5.75 Å². The summed E-state index contributed by atoms with van der Waals surface area (Å²) >= 11 is 2.66. The molecule has 2 saturated heterocycles. The third-order valence-corrected chi connectivity index (χ3v) is 10.2. The Morgan fingerprint density at radius 2 is 1.77 bits per heavy atom. The van der Waals surface area contributed by atoms with E-state index in [1.54, 1.807) is 64.6 Å². The minimum Gasteiger partial charge on any atom is -0.508 e. The van der Waals surface area contributed by atoms with Crippen molar-refractivity contribution >= 4 is 58.8 Å². The number of hydrogen-bond donors (Lipinski definition) is 4. The number of nitrogens with one attached hydrogen (secondary N) is 2. The third kappa shape index (κ3) is 7.37. The van der Waals surface area contributed by atoms with Crippen molar-refractivity contribution in [1.29, 1.82) is 0 Å². The molecule has 5 heterocycles. The van der Waals surface area contributed by atoms with Crippen LogP contribution in [-0.2, 0) is 37.1 Å². The quantitative estimate of drug-likeness (QED) is 0.0767. The van der Waals surface area contributed by atoms with E-state index in [-0.39, 0.29) is 47.2 Å². The van der Waals surface area contributed by atoms with Crippen molar-refractivity contribution in [3.8, 4) is 5.75 Å². The smallest absolute Gasteiger partial charge is 0.352 e. The molecule has 6 rings (SSSR count). The number of nitrogens with zero attached hydrogens (tertiary/aromatic N) is 4. The Labute approximate surface area is 283 Å². The first-order chi connectivity index (χ1) is 23.2. The van der Waals surface area contributed by atoms with Crippen LogP contribution >= 0.6 is 23.5 Å². The van der Waals surface area contributed by atoms with Crippen molar-refractivity contribution in [3.63, 3.8) is 0 Å². The van der Waals surface area contributed by atoms with Crippen LogP contribution in [0.2, 0.25) is 0 Å². The average Bonchev–Trinajstić information content (AvgIpc) is 3.42. The maximum Gasteiger partial charge on any atom is 0.352 e. The maximum atomic E-state index is 13.3. The van der Waals surface area contributed by atoms with Crippen LogP contribution in [0.15, 0.2) is 101 Å². The molecule has 48 heavy (non-hydrogen) atoms. The average molecular weight is 688 g/mol. The number of fused-ring (bicyclic) bond motifs is 1. The first kappa shape index (κ1) is 32.8. The molecule has 0 spiro atoms. The molecule has 2 fully saturated rings. The Balaban J connectivity index is 1.04. The lowest BCUT2D eigenvalue weighted by molar-refractivity contribution is -0.684. The van der Waals surface area contributed by atoms with Crippen molar-refractivity contribution in [2.75, 3.05) is 23.4 Å². The molecular weight excluding hydrogens is 657 g/mol. The number of amides is 4. The molecule has 4 N–H and O–H groups in total. The number of benzene rings is 1. The molecule has 0 aliphatic carbocycles. The Morgan fingerprint density at radius 3 is 2.48 bits per heavy atom. The normalized spacial score (nSPS) is 19.6. The summed E-state index contributed by atoms with van der Waals surface area (Å²) in [4.78, 5) is 71.3. The van der Waals surface area contributed by atoms with Crippen LogP contribution in [0.4, 0.5) is 5.69 Å². The molecule has 15 heteroatoms. The molecule has 1 aromatic carbocycles. The molecule has 3 aromatic rings. The summed E-state index contributed by atoms with van der Waals surface area (Å²) in [5, 5.41) is 24.4. The number of phenols is 1. The number of pyridine rings is 2. The number of rotatable bonds is 11. The van der Waals surface area contributed by atoms with Gasteiger partial charge in [-0.2, -0.15) is 4.57 Å². The zero-order chi connectivity index (χ0) is 33.8. The second-order valence-electron chi connectivity index (χ2n) is 11.2. The van der Waals surface area contributed by atoms with Crippen molar-refractivity contribution in [1.82, 2.24) is 20.1 Å². The third-order valence-electron chi connectivity index (χ3n) is 7.91. The van der Waals surface area contributed by atoms with Gasteiger partial charge in [-0.3, -0.25) is 29.1 Å². The molecule has 2 unspecified atom stereocenters. The fraction of sp³-hybridized carbons (Fsp3) is 0.242. The second-order valence-corrected chi connectivity index (χ2v) is 13.4. The molecule has 2 atom stereocenters. The first-order valence-corrected chi connectivity index (χ1v) is 17.0. The fourth-order valence-electron chi connectivity index (χ4n) is 5.55. The van der Waals surface area contributed by atoms with Gasteiger partial charge < -0.3 is 25.7 Å². The minimum atomic E-state index is -1.27. The van der Waals surface area contributed by atoms with Crippen LogP contribution in [0.25, 0.3) is 0 Å². The second kappa shape index (κ2) is 14.3. The number of aromatic nitrogens is 2. The van der Waals surface area contributed by atoms with Crippen LogP contribution in [0, 0.1) is 0 Å². The topological polar surface area (TPSA) is 173 Å². The number of anilines is 1. The Hall–Kier alpha value is -5.15. The van der Waals surface area contributed by atoms with Crippen molar-refractivity contribution < 1.29 is 38.8 Å². The summed E-state index contributed by atoms with van der Waals surface area (Å²) in [5.41, 5.74) is 2.11. The number of phenolic OH excluding ortho intramolecular Hbond substituents is 1. The number of hydrogen-bond acceptors (Lipinski definition) is 9. The summed E-state index contributed by atoms with van der Waals surface area (Å²) in [5.74, 6) is -2.06. The molecule has 246 valence electrons. The number of likely N-dealkylation sites (tertiary alicyclic amines) is 1. The summed E-state index contributed by atoms with van der Waals surface area (Å²) in [7, 11) is 0. The van der Waals surface area contributed by atoms with Crippen LogP contribution in [0.3, 0.4) is 0 Å². The van der Waals surface area contributed by atoms with E-state index < -0.39 is 23.3 Å². The van der Waals surface area contributed by atoms with Gasteiger partial charge in [-0.05, 0) is 60.0 Å². The SMILES string of the molecule is O=C(C[n+]1ccc(CN2CCC(=CC3=C(C(=O)O)N4C(=O)C(NC(=O)CSc5ccncc5)C4SC3)C2=O)cc1)Nc1ccc(O)cc1. The van der Waals surface area contributed by atoms with Gasteiger partial charge in [0.15, 0.2) is 12.4 Å². The van der Waals surface area contributed by atoms with Crippen LogP contribution in [-0.4, -0.2) is 84.1 Å². The number of β-lactam (4-membered cyclic amide) rings is 1. The molecule has 13 nitrogen and oxygen atoms in total. The standard InChI is InChI=1S/C33H30N6O7S2/c40-24-3-1-23(2-4-24)35-26(41)17-37-12-7-20(8-13-37)16-38-14-9-21(30(38)43)15-22-18-48-32-28(31(44)39(32)29(22)33(45)46)36-27(42)19-47-25-5-10-34-11-6-25/h1-8,10-13,15,28,32H,9,14,16-19H2,(H3-,35,36,40,41,42,45,46)/p+1. The van der Waals surface area contributed by atoms with Gasteiger partial charge in [0.1, 0.15) is 22.9 Å². The van der Waals surface area contributed by atoms with Gasteiger partial charge in [-0.15, -0.1) is 23.5 Å². The highest BCUT2D eigenvalue weighted by Crippen LogP contribution is 2.41. The van der Waals surface area contributed by atoms with E-state index in [2.05, 4.69) is 15.6 Å². The Morgan fingerprint density at radius 1 is 1.04 bits per heavy atom. The fourth-order valence-corrected chi connectivity index (χ4v) is 7.55. The monoisotopic (exact) mass is 687 g/mol. The molecule has 3 aliphatic rings. The highest BCUT2D eigenvalue weighted by atomic mass is 32.2. The number of carbonyl (C=O) groups is 5. The van der Waals surface area contributed by atoms with E-state index in [4.69, 9.17) is 0 Å². The van der Waals surface area contributed by atoms with Gasteiger partial charge in [0.2, 0.25) is 18.4 Å². The lowest BCUT2D eigenvalue weighted by atomic mass is 10.0. The predicted molar refractivity (Wildman–Crippen MR) is 176 cm³/mol. The predicted octanol–water partition coefficient (Wildman–Crippen LogP) is 1.90. The van der Waals surface area contributed by atoms with E-state index >= 15 is 0 Å². The molecular formula is C33H31N6O7S2+. The summed E-state index contributed by atoms with van der Waals surface area (Å²) in [6, 6.07) is 12.6. The van der Waals surface area contributed by atoms with Gasteiger partial charge >= 0.3 is 5.97 Å². The van der Waals surface area contributed by atoms with Crippen molar-refractivity contribution in [2.45, 2.75) is 35.8 Å². The van der Waals surface area contributed by atoms with Crippen molar-refractivity contribution in [2.24, 2.45) is 0 Å². The number of carboxylic acid groups (broad SMARTS) is 1. The molecule has 0 saturated carbocycles. The maximum absolute atomic E-state index is 13.3. The van der Waals surface area contributed by atoms with Crippen molar-refractivity contribution in [3.05, 3.63) is 102 Å². The lowest BCUT2D eigenvalue weighted by Gasteiger charge is -2.49. The van der Waals surface area contributed by atoms with E-state index in [1.165, 1.54) is 40.6 Å². The highest BCUT2D eigenvalue weighted by Gasteiger charge is 2.54. The number of carboxylic acids is 1. The zero-order valence-corrected chi connectivity index (χ0v) is 27.1. The van der Waals surface area contributed by atoms with Gasteiger partial charge in [0, 0.05) is 59.5 Å². The number of carbonyl (C=O) groups excluding carboxylic acids is 4. The Kier molecular flexibility index (Phi) is 9.77. The Bertz CT molecular complexity index is 1820. The minimum absolute atomic E-state index is 0.0780. The number of thioether (sulfide) groups is 2. The summed E-state index contributed by atoms with van der Waals surface area (Å²) in [6.45, 7) is 0.868. The first-order valence-electron chi connectivity index (χ1n) is 15.0. The number of allylic oxidation sites excluding steroid dienone is 1. The largest absolute Gasteiger partial charge is 0.508 e. The summed E-state index contributed by atoms with van der Waals surface area (Å²) < 4.78 is 1.71. The molecule has 4 amide bonds. The van der Waals surface area contributed by atoms with Gasteiger partial charge in [-0.1, -0.05) is 0 Å². The molecule has 0 radical (unpaired) electrons. The van der Waals surface area contributed by atoms with Gasteiger partial charge in [0.25, 0.3) is 11.8 Å². The van der Waals surface area contributed by atoms with E-state index in [1.807, 2.05) is 12.1 Å². The highest BCUT2D eigenvalue weighted by molar-refractivity contribution is 8.00. The van der Waals surface area contributed by atoms with Gasteiger partial charge in [0.05, 0.1) is 5.75 Å². The zero-order valence-electron chi connectivity index (χ0n) is 25.4.